The van der Waals surface area contributed by atoms with E-state index in [0.717, 1.165) is 25.7 Å². The van der Waals surface area contributed by atoms with Gasteiger partial charge in [0.15, 0.2) is 0 Å². The molecule has 0 spiro atoms. The van der Waals surface area contributed by atoms with Crippen LogP contribution in [0, 0.1) is 11.2 Å². The van der Waals surface area contributed by atoms with Crippen molar-refractivity contribution in [2.45, 2.75) is 45.4 Å². The molecule has 1 aromatic carbocycles. The van der Waals surface area contributed by atoms with Gasteiger partial charge >= 0.3 is 0 Å². The number of hydrogen-bond acceptors (Lipinski definition) is 1. The quantitative estimate of drug-likeness (QED) is 0.792. The highest BCUT2D eigenvalue weighted by molar-refractivity contribution is 9.10. The minimum absolute atomic E-state index is 0.184. The zero-order chi connectivity index (χ0) is 13.2. The van der Waals surface area contributed by atoms with Crippen molar-refractivity contribution in [1.82, 2.24) is 0 Å². The van der Waals surface area contributed by atoms with Gasteiger partial charge in [-0.3, -0.25) is 4.79 Å². The highest BCUT2D eigenvalue weighted by atomic mass is 79.9. The number of Topliss-reactive ketones (excluding diaryl/α,β-unsaturated/α-hetero) is 1. The molecule has 0 bridgehead atoms. The Kier molecular flexibility index (Phi) is 4.21. The molecular formula is C15H18BrFO. The molecule has 2 rings (SSSR count). The molecule has 18 heavy (non-hydrogen) atoms. The van der Waals surface area contributed by atoms with Crippen LogP contribution in [0.4, 0.5) is 4.39 Å². The SMILES string of the molecule is CC1(C(=O)Cc2ccc(Br)cc2F)CCCCC1. The molecule has 1 fully saturated rings. The molecule has 0 heterocycles. The second-order valence-electron chi connectivity index (χ2n) is 5.46. The van der Waals surface area contributed by atoms with E-state index in [1.807, 2.05) is 6.92 Å². The maximum absolute atomic E-state index is 13.7. The zero-order valence-electron chi connectivity index (χ0n) is 10.6. The molecule has 1 aromatic rings. The molecule has 1 aliphatic carbocycles. The number of benzene rings is 1. The van der Waals surface area contributed by atoms with Crippen LogP contribution in [0.3, 0.4) is 0 Å². The molecule has 0 aromatic heterocycles. The molecule has 3 heteroatoms. The third kappa shape index (κ3) is 3.00. The van der Waals surface area contributed by atoms with E-state index in [2.05, 4.69) is 15.9 Å². The Morgan fingerprint density at radius 2 is 2.00 bits per heavy atom. The monoisotopic (exact) mass is 312 g/mol. The molecule has 0 saturated heterocycles. The number of hydrogen-bond donors (Lipinski definition) is 0. The van der Waals surface area contributed by atoms with E-state index < -0.39 is 0 Å². The second-order valence-corrected chi connectivity index (χ2v) is 6.37. The summed E-state index contributed by atoms with van der Waals surface area (Å²) in [6.45, 7) is 2.03. The summed E-state index contributed by atoms with van der Waals surface area (Å²) >= 11 is 3.22. The first-order chi connectivity index (χ1) is 8.51. The van der Waals surface area contributed by atoms with Crippen molar-refractivity contribution in [1.29, 1.82) is 0 Å². The van der Waals surface area contributed by atoms with Crippen LogP contribution in [0.15, 0.2) is 22.7 Å². The molecule has 1 saturated carbocycles. The van der Waals surface area contributed by atoms with Crippen LogP contribution in [0.2, 0.25) is 0 Å². The highest BCUT2D eigenvalue weighted by Gasteiger charge is 2.34. The van der Waals surface area contributed by atoms with Gasteiger partial charge in [0.1, 0.15) is 11.6 Å². The van der Waals surface area contributed by atoms with Gasteiger partial charge in [0.05, 0.1) is 0 Å². The fraction of sp³-hybridized carbons (Fsp3) is 0.533. The standard InChI is InChI=1S/C15H18BrFO/c1-15(7-3-2-4-8-15)14(18)9-11-5-6-12(16)10-13(11)17/h5-6,10H,2-4,7-9H2,1H3. The molecule has 0 radical (unpaired) electrons. The van der Waals surface area contributed by atoms with E-state index in [0.29, 0.717) is 10.0 Å². The van der Waals surface area contributed by atoms with Crippen LogP contribution < -0.4 is 0 Å². The molecule has 0 N–H and O–H groups in total. The number of carbonyl (C=O) groups is 1. The van der Waals surface area contributed by atoms with Gasteiger partial charge in [0.25, 0.3) is 0 Å². The fourth-order valence-corrected chi connectivity index (χ4v) is 3.00. The topological polar surface area (TPSA) is 17.1 Å². The average Bonchev–Trinajstić information content (AvgIpc) is 2.33. The second kappa shape index (κ2) is 5.52. The van der Waals surface area contributed by atoms with Gasteiger partial charge in [-0.05, 0) is 30.5 Å². The van der Waals surface area contributed by atoms with Crippen LogP contribution in [0.25, 0.3) is 0 Å². The molecule has 0 unspecified atom stereocenters. The van der Waals surface area contributed by atoms with Crippen LogP contribution >= 0.6 is 15.9 Å². The van der Waals surface area contributed by atoms with Gasteiger partial charge < -0.3 is 0 Å². The van der Waals surface area contributed by atoms with Crippen LogP contribution in [-0.2, 0) is 11.2 Å². The molecule has 1 nitrogen and oxygen atoms in total. The Labute approximate surface area is 116 Å². The Balaban J connectivity index is 2.11. The van der Waals surface area contributed by atoms with Crippen molar-refractivity contribution >= 4 is 21.7 Å². The van der Waals surface area contributed by atoms with Crippen molar-refractivity contribution in [3.05, 3.63) is 34.1 Å². The first kappa shape index (κ1) is 13.7. The lowest BCUT2D eigenvalue weighted by atomic mass is 9.71. The van der Waals surface area contributed by atoms with Gasteiger partial charge in [-0.2, -0.15) is 0 Å². The van der Waals surface area contributed by atoms with Crippen LogP contribution in [-0.4, -0.2) is 5.78 Å². The summed E-state index contributed by atoms with van der Waals surface area (Å²) < 4.78 is 14.4. The predicted molar refractivity (Wildman–Crippen MR) is 74.0 cm³/mol. The first-order valence-corrected chi connectivity index (χ1v) is 7.28. The Morgan fingerprint density at radius 3 is 2.61 bits per heavy atom. The summed E-state index contributed by atoms with van der Waals surface area (Å²) in [5, 5.41) is 0. The molecular weight excluding hydrogens is 295 g/mol. The smallest absolute Gasteiger partial charge is 0.143 e. The maximum atomic E-state index is 13.7. The molecule has 1 aliphatic rings. The molecule has 98 valence electrons. The van der Waals surface area contributed by atoms with E-state index in [9.17, 15) is 9.18 Å². The largest absolute Gasteiger partial charge is 0.299 e. The summed E-state index contributed by atoms with van der Waals surface area (Å²) in [4.78, 5) is 12.3. The predicted octanol–water partition coefficient (Wildman–Crippen LogP) is 4.67. The summed E-state index contributed by atoms with van der Waals surface area (Å²) in [7, 11) is 0. The zero-order valence-corrected chi connectivity index (χ0v) is 12.2. The number of halogens is 2. The highest BCUT2D eigenvalue weighted by Crippen LogP contribution is 2.37. The van der Waals surface area contributed by atoms with Gasteiger partial charge in [0.2, 0.25) is 0 Å². The Bertz CT molecular complexity index is 450. The van der Waals surface area contributed by atoms with Crippen molar-refractivity contribution in [2.75, 3.05) is 0 Å². The number of ketones is 1. The van der Waals surface area contributed by atoms with Crippen molar-refractivity contribution in [2.24, 2.45) is 5.41 Å². The third-order valence-corrected chi connectivity index (χ3v) is 4.49. The lowest BCUT2D eigenvalue weighted by Gasteiger charge is -2.32. The Morgan fingerprint density at radius 1 is 1.33 bits per heavy atom. The van der Waals surface area contributed by atoms with E-state index in [4.69, 9.17) is 0 Å². The van der Waals surface area contributed by atoms with E-state index in [-0.39, 0.29) is 23.4 Å². The van der Waals surface area contributed by atoms with Gasteiger partial charge in [0, 0.05) is 16.3 Å². The van der Waals surface area contributed by atoms with Crippen molar-refractivity contribution < 1.29 is 9.18 Å². The molecule has 0 atom stereocenters. The normalized spacial score (nSPS) is 18.6. The van der Waals surface area contributed by atoms with E-state index in [1.165, 1.54) is 12.5 Å². The van der Waals surface area contributed by atoms with E-state index in [1.54, 1.807) is 12.1 Å². The minimum atomic E-state index is -0.294. The van der Waals surface area contributed by atoms with Crippen LogP contribution in [0.5, 0.6) is 0 Å². The summed E-state index contributed by atoms with van der Waals surface area (Å²) in [5.74, 6) is -0.111. The lowest BCUT2D eigenvalue weighted by molar-refractivity contribution is -0.128. The van der Waals surface area contributed by atoms with E-state index >= 15 is 0 Å². The van der Waals surface area contributed by atoms with Gasteiger partial charge in [-0.15, -0.1) is 0 Å². The number of carbonyl (C=O) groups excluding carboxylic acids is 1. The van der Waals surface area contributed by atoms with Crippen molar-refractivity contribution in [3.63, 3.8) is 0 Å². The summed E-state index contributed by atoms with van der Waals surface area (Å²) in [6, 6.07) is 4.91. The minimum Gasteiger partial charge on any atom is -0.299 e. The van der Waals surface area contributed by atoms with Crippen LogP contribution in [0.1, 0.15) is 44.6 Å². The summed E-state index contributed by atoms with van der Waals surface area (Å²) in [5.41, 5.74) is 0.271. The first-order valence-electron chi connectivity index (χ1n) is 6.48. The third-order valence-electron chi connectivity index (χ3n) is 4.00. The summed E-state index contributed by atoms with van der Waals surface area (Å²) in [6.07, 6.45) is 5.56. The lowest BCUT2D eigenvalue weighted by Crippen LogP contribution is -2.31. The number of rotatable bonds is 3. The maximum Gasteiger partial charge on any atom is 0.143 e. The average molecular weight is 313 g/mol. The van der Waals surface area contributed by atoms with Crippen molar-refractivity contribution in [3.8, 4) is 0 Å². The Hall–Kier alpha value is -0.700. The van der Waals surface area contributed by atoms with Gasteiger partial charge in [-0.1, -0.05) is 48.2 Å². The molecule has 0 amide bonds. The molecule has 0 aliphatic heterocycles. The fourth-order valence-electron chi connectivity index (χ4n) is 2.66. The van der Waals surface area contributed by atoms with Gasteiger partial charge in [-0.25, -0.2) is 4.39 Å².